The summed E-state index contributed by atoms with van der Waals surface area (Å²) in [7, 11) is 3.80. The lowest BCUT2D eigenvalue weighted by molar-refractivity contribution is 0.149. The van der Waals surface area contributed by atoms with E-state index in [4.69, 9.17) is 16.2 Å². The molecule has 0 spiro atoms. The molecule has 178 valence electrons. The minimum absolute atomic E-state index is 0.373. The molecule has 2 aliphatic rings. The standard InChI is InChI=1S/C24H31N9O/c1-31-7-9-32(10-8-31)11-12-33-16-19(15-29-33)17-3-4-20(21(13-17)34-2)24(26)28-14-18-5-6-27-23(25)22(18)30-24/h3-6,13-16,30H,7-12,26H2,1-2H3,(H2,25,27). The molecule has 0 bridgehead atoms. The van der Waals surface area contributed by atoms with E-state index in [-0.39, 0.29) is 0 Å². The number of nitrogen functional groups attached to an aromatic ring is 1. The predicted molar refractivity (Wildman–Crippen MR) is 134 cm³/mol. The summed E-state index contributed by atoms with van der Waals surface area (Å²) in [5.41, 5.74) is 16.9. The number of hydrogen-bond acceptors (Lipinski definition) is 9. The molecule has 1 fully saturated rings. The van der Waals surface area contributed by atoms with Crippen molar-refractivity contribution in [1.29, 1.82) is 0 Å². The first kappa shape index (κ1) is 22.3. The second kappa shape index (κ2) is 9.05. The van der Waals surface area contributed by atoms with Gasteiger partial charge >= 0.3 is 0 Å². The fourth-order valence-corrected chi connectivity index (χ4v) is 4.40. The summed E-state index contributed by atoms with van der Waals surface area (Å²) in [4.78, 5) is 13.6. The number of anilines is 2. The minimum Gasteiger partial charge on any atom is -0.496 e. The van der Waals surface area contributed by atoms with Gasteiger partial charge in [-0.3, -0.25) is 15.3 Å². The topological polar surface area (TPSA) is 123 Å². The summed E-state index contributed by atoms with van der Waals surface area (Å²) in [6, 6.07) is 7.74. The van der Waals surface area contributed by atoms with Gasteiger partial charge in [0.1, 0.15) is 11.6 Å². The number of methoxy groups -OCH3 is 1. The van der Waals surface area contributed by atoms with Crippen LogP contribution in [0, 0.1) is 0 Å². The Hall–Kier alpha value is -3.47. The Kier molecular flexibility index (Phi) is 5.94. The van der Waals surface area contributed by atoms with Crippen molar-refractivity contribution >= 4 is 17.7 Å². The average Bonchev–Trinajstić information content (AvgIpc) is 3.33. The average molecular weight is 462 g/mol. The van der Waals surface area contributed by atoms with E-state index in [0.29, 0.717) is 22.8 Å². The second-order valence-electron chi connectivity index (χ2n) is 8.86. The van der Waals surface area contributed by atoms with Crippen molar-refractivity contribution in [2.75, 3.05) is 57.9 Å². The highest BCUT2D eigenvalue weighted by Crippen LogP contribution is 2.37. The Balaban J connectivity index is 1.33. The molecule has 0 radical (unpaired) electrons. The lowest BCUT2D eigenvalue weighted by Gasteiger charge is -2.33. The number of aromatic nitrogens is 3. The Morgan fingerprint density at radius 3 is 2.74 bits per heavy atom. The van der Waals surface area contributed by atoms with Gasteiger partial charge in [-0.05, 0) is 30.8 Å². The molecule has 10 heteroatoms. The van der Waals surface area contributed by atoms with Crippen LogP contribution in [0.25, 0.3) is 11.1 Å². The zero-order valence-electron chi connectivity index (χ0n) is 19.6. The normalized spacial score (nSPS) is 20.7. The first-order valence-corrected chi connectivity index (χ1v) is 11.4. The van der Waals surface area contributed by atoms with Gasteiger partial charge in [-0.25, -0.2) is 9.98 Å². The summed E-state index contributed by atoms with van der Waals surface area (Å²) in [5, 5.41) is 7.80. The Morgan fingerprint density at radius 2 is 1.94 bits per heavy atom. The van der Waals surface area contributed by atoms with Crippen LogP contribution in [-0.2, 0) is 12.3 Å². The van der Waals surface area contributed by atoms with Crippen LogP contribution >= 0.6 is 0 Å². The molecule has 0 saturated carbocycles. The number of hydrogen-bond donors (Lipinski definition) is 3. The molecule has 1 unspecified atom stereocenters. The van der Waals surface area contributed by atoms with Crippen molar-refractivity contribution < 1.29 is 4.74 Å². The predicted octanol–water partition coefficient (Wildman–Crippen LogP) is 1.40. The number of aliphatic imine (C=N–C) groups is 1. The van der Waals surface area contributed by atoms with E-state index in [2.05, 4.69) is 43.4 Å². The van der Waals surface area contributed by atoms with Gasteiger partial charge in [0, 0.05) is 62.5 Å². The SMILES string of the molecule is COc1cc(-c2cnn(CCN3CCN(C)CC3)c2)ccc1C1(N)N=Cc2ccnc(N)c2N1. The summed E-state index contributed by atoms with van der Waals surface area (Å²) in [6.07, 6.45) is 7.31. The summed E-state index contributed by atoms with van der Waals surface area (Å²) >= 11 is 0. The van der Waals surface area contributed by atoms with Gasteiger partial charge in [0.15, 0.2) is 0 Å². The zero-order valence-corrected chi connectivity index (χ0v) is 19.6. The third-order valence-corrected chi connectivity index (χ3v) is 6.56. The van der Waals surface area contributed by atoms with E-state index < -0.39 is 5.79 Å². The molecule has 2 aliphatic heterocycles. The number of rotatable bonds is 6. The molecule has 5 N–H and O–H groups in total. The van der Waals surface area contributed by atoms with E-state index in [9.17, 15) is 0 Å². The van der Waals surface area contributed by atoms with Crippen molar-refractivity contribution in [2.24, 2.45) is 10.7 Å². The van der Waals surface area contributed by atoms with Crippen molar-refractivity contribution in [3.63, 3.8) is 0 Å². The van der Waals surface area contributed by atoms with E-state index in [1.54, 1.807) is 19.5 Å². The van der Waals surface area contributed by atoms with Gasteiger partial charge in [0.2, 0.25) is 5.79 Å². The number of fused-ring (bicyclic) bond motifs is 1. The van der Waals surface area contributed by atoms with Gasteiger partial charge in [-0.15, -0.1) is 0 Å². The van der Waals surface area contributed by atoms with E-state index in [0.717, 1.165) is 56.0 Å². The van der Waals surface area contributed by atoms with Crippen LogP contribution in [0.2, 0.25) is 0 Å². The van der Waals surface area contributed by atoms with Gasteiger partial charge in [0.25, 0.3) is 0 Å². The molecule has 5 rings (SSSR count). The highest BCUT2D eigenvalue weighted by molar-refractivity contribution is 5.93. The zero-order chi connectivity index (χ0) is 23.7. The highest BCUT2D eigenvalue weighted by Gasteiger charge is 2.33. The number of benzene rings is 1. The number of ether oxygens (including phenoxy) is 1. The van der Waals surface area contributed by atoms with Gasteiger partial charge < -0.3 is 20.7 Å². The van der Waals surface area contributed by atoms with Crippen LogP contribution in [-0.4, -0.2) is 77.7 Å². The van der Waals surface area contributed by atoms with Crippen molar-refractivity contribution in [2.45, 2.75) is 12.3 Å². The molecule has 4 heterocycles. The molecule has 34 heavy (non-hydrogen) atoms. The molecule has 2 aromatic heterocycles. The molecule has 1 atom stereocenters. The molecule has 0 aliphatic carbocycles. The lowest BCUT2D eigenvalue weighted by atomic mass is 10.00. The van der Waals surface area contributed by atoms with Gasteiger partial charge in [-0.1, -0.05) is 6.07 Å². The van der Waals surface area contributed by atoms with E-state index in [1.807, 2.05) is 35.1 Å². The van der Waals surface area contributed by atoms with Gasteiger partial charge in [-0.2, -0.15) is 5.10 Å². The monoisotopic (exact) mass is 461 g/mol. The second-order valence-corrected chi connectivity index (χ2v) is 8.86. The third-order valence-electron chi connectivity index (χ3n) is 6.56. The first-order valence-electron chi connectivity index (χ1n) is 11.4. The van der Waals surface area contributed by atoms with E-state index >= 15 is 0 Å². The van der Waals surface area contributed by atoms with Crippen LogP contribution < -0.4 is 21.5 Å². The summed E-state index contributed by atoms with van der Waals surface area (Å²) in [5.74, 6) is -0.223. The Bertz CT molecular complexity index is 1200. The van der Waals surface area contributed by atoms with Crippen LogP contribution in [0.5, 0.6) is 5.75 Å². The fourth-order valence-electron chi connectivity index (χ4n) is 4.40. The van der Waals surface area contributed by atoms with Crippen molar-refractivity contribution in [1.82, 2.24) is 24.6 Å². The number of piperazine rings is 1. The molecule has 1 saturated heterocycles. The maximum absolute atomic E-state index is 6.66. The Labute approximate surface area is 199 Å². The van der Waals surface area contributed by atoms with Crippen LogP contribution in [0.4, 0.5) is 11.5 Å². The van der Waals surface area contributed by atoms with Crippen molar-refractivity contribution in [3.05, 3.63) is 54.0 Å². The number of likely N-dealkylation sites (N-methyl/N-ethyl adjacent to an activating group) is 1. The number of nitrogens with one attached hydrogen (secondary N) is 1. The van der Waals surface area contributed by atoms with E-state index in [1.165, 1.54) is 0 Å². The Morgan fingerprint density at radius 1 is 1.12 bits per heavy atom. The van der Waals surface area contributed by atoms with Crippen molar-refractivity contribution in [3.8, 4) is 16.9 Å². The lowest BCUT2D eigenvalue weighted by Crippen LogP contribution is -2.45. The molecular formula is C24H31N9O. The quantitative estimate of drug-likeness (QED) is 0.503. The highest BCUT2D eigenvalue weighted by atomic mass is 16.5. The minimum atomic E-state index is -1.22. The molecule has 3 aromatic rings. The largest absolute Gasteiger partial charge is 0.496 e. The van der Waals surface area contributed by atoms with Crippen LogP contribution in [0.1, 0.15) is 11.1 Å². The number of pyridine rings is 1. The fraction of sp³-hybridized carbons (Fsp3) is 0.375. The van der Waals surface area contributed by atoms with Crippen LogP contribution in [0.3, 0.4) is 0 Å². The van der Waals surface area contributed by atoms with Gasteiger partial charge in [0.05, 0.1) is 31.1 Å². The molecular weight excluding hydrogens is 430 g/mol. The maximum atomic E-state index is 6.66. The third kappa shape index (κ3) is 4.35. The number of nitrogens with zero attached hydrogens (tertiary/aromatic N) is 6. The molecule has 1 aromatic carbocycles. The molecule has 10 nitrogen and oxygen atoms in total. The summed E-state index contributed by atoms with van der Waals surface area (Å²) < 4.78 is 7.71. The smallest absolute Gasteiger partial charge is 0.212 e. The molecule has 0 amide bonds. The number of nitrogens with two attached hydrogens (primary N) is 2. The van der Waals surface area contributed by atoms with Crippen LogP contribution in [0.15, 0.2) is 47.8 Å². The first-order chi connectivity index (χ1) is 16.4. The maximum Gasteiger partial charge on any atom is 0.212 e. The summed E-state index contributed by atoms with van der Waals surface area (Å²) in [6.45, 7) is 6.30.